The van der Waals surface area contributed by atoms with E-state index >= 15 is 0 Å². The predicted molar refractivity (Wildman–Crippen MR) is 52.8 cm³/mol. The van der Waals surface area contributed by atoms with Crippen LogP contribution < -0.4 is 5.73 Å². The summed E-state index contributed by atoms with van der Waals surface area (Å²) in [5.74, 6) is -0.707. The van der Waals surface area contributed by atoms with Gasteiger partial charge in [-0.3, -0.25) is 0 Å². The number of nitrogens with two attached hydrogens (primary N) is 1. The number of hydrogen-bond donors (Lipinski definition) is 3. The fourth-order valence-corrected chi connectivity index (χ4v) is 2.12. The summed E-state index contributed by atoms with van der Waals surface area (Å²) in [6.45, 7) is 0. The van der Waals surface area contributed by atoms with Gasteiger partial charge in [0.1, 0.15) is 0 Å². The summed E-state index contributed by atoms with van der Waals surface area (Å²) in [7, 11) is 0. The van der Waals surface area contributed by atoms with Crippen LogP contribution in [-0.4, -0.2) is 28.3 Å². The molecule has 1 saturated carbocycles. The summed E-state index contributed by atoms with van der Waals surface area (Å²) in [5.41, 5.74) is 5.62. The minimum atomic E-state index is -1.41. The molecule has 2 atom stereocenters. The lowest BCUT2D eigenvalue weighted by Gasteiger charge is -2.25. The van der Waals surface area contributed by atoms with Crippen LogP contribution in [0.15, 0.2) is 0 Å². The summed E-state index contributed by atoms with van der Waals surface area (Å²) in [4.78, 5) is 10.5. The van der Waals surface area contributed by atoms with E-state index in [1.165, 1.54) is 19.3 Å². The van der Waals surface area contributed by atoms with Gasteiger partial charge in [0.2, 0.25) is 0 Å². The Labute approximate surface area is 84.1 Å². The van der Waals surface area contributed by atoms with E-state index in [2.05, 4.69) is 0 Å². The van der Waals surface area contributed by atoms with E-state index in [1.54, 1.807) is 0 Å². The molecule has 0 bridgehead atoms. The zero-order valence-electron chi connectivity index (χ0n) is 8.35. The van der Waals surface area contributed by atoms with E-state index in [0.717, 1.165) is 12.8 Å². The van der Waals surface area contributed by atoms with Crippen LogP contribution in [0.1, 0.15) is 38.5 Å². The van der Waals surface area contributed by atoms with Gasteiger partial charge in [-0.15, -0.1) is 0 Å². The summed E-state index contributed by atoms with van der Waals surface area (Å²) in [6.07, 6.45) is 5.17. The number of aliphatic hydroxyl groups excluding tert-OH is 1. The molecular formula is C10H19NO3. The van der Waals surface area contributed by atoms with Crippen molar-refractivity contribution in [1.82, 2.24) is 0 Å². The van der Waals surface area contributed by atoms with Crippen molar-refractivity contribution in [2.24, 2.45) is 11.7 Å². The highest BCUT2D eigenvalue weighted by Gasteiger charge is 2.25. The van der Waals surface area contributed by atoms with Crippen molar-refractivity contribution in [3.8, 4) is 0 Å². The molecule has 0 heterocycles. The molecule has 0 unspecified atom stereocenters. The molecule has 1 rings (SSSR count). The van der Waals surface area contributed by atoms with Crippen LogP contribution in [0.3, 0.4) is 0 Å². The lowest BCUT2D eigenvalue weighted by Crippen LogP contribution is -2.41. The minimum Gasteiger partial charge on any atom is -0.479 e. The van der Waals surface area contributed by atoms with Crippen LogP contribution >= 0.6 is 0 Å². The van der Waals surface area contributed by atoms with Crippen molar-refractivity contribution in [3.63, 3.8) is 0 Å². The third-order valence-corrected chi connectivity index (χ3v) is 2.99. The highest BCUT2D eigenvalue weighted by molar-refractivity contribution is 5.72. The molecule has 0 spiro atoms. The number of aliphatic carboxylic acids is 1. The van der Waals surface area contributed by atoms with Gasteiger partial charge < -0.3 is 15.9 Å². The molecular weight excluding hydrogens is 182 g/mol. The highest BCUT2D eigenvalue weighted by Crippen LogP contribution is 2.27. The number of carboxylic acid groups (broad SMARTS) is 1. The van der Waals surface area contributed by atoms with Crippen LogP contribution in [0.4, 0.5) is 0 Å². The maximum absolute atomic E-state index is 10.5. The minimum absolute atomic E-state index is 0.507. The van der Waals surface area contributed by atoms with Gasteiger partial charge in [0.15, 0.2) is 6.10 Å². The smallest absolute Gasteiger partial charge is 0.334 e. The second-order valence-electron chi connectivity index (χ2n) is 4.19. The lowest BCUT2D eigenvalue weighted by molar-refractivity contribution is -0.147. The van der Waals surface area contributed by atoms with E-state index in [-0.39, 0.29) is 0 Å². The van der Waals surface area contributed by atoms with Gasteiger partial charge in [0, 0.05) is 6.04 Å². The van der Waals surface area contributed by atoms with E-state index in [9.17, 15) is 9.90 Å². The Balaban J connectivity index is 2.31. The Bertz CT molecular complexity index is 190. The molecule has 82 valence electrons. The number of carboxylic acids is 1. The van der Waals surface area contributed by atoms with Gasteiger partial charge in [-0.2, -0.15) is 0 Å². The van der Waals surface area contributed by atoms with Crippen LogP contribution in [0.5, 0.6) is 0 Å². The maximum Gasteiger partial charge on any atom is 0.334 e. The Morgan fingerprint density at radius 3 is 2.43 bits per heavy atom. The van der Waals surface area contributed by atoms with Crippen LogP contribution in [-0.2, 0) is 4.79 Å². The van der Waals surface area contributed by atoms with Crippen LogP contribution in [0.25, 0.3) is 0 Å². The predicted octanol–water partition coefficient (Wildman–Crippen LogP) is 0.730. The number of carbonyl (C=O) groups is 1. The molecule has 14 heavy (non-hydrogen) atoms. The molecule has 0 aliphatic heterocycles. The summed E-state index contributed by atoms with van der Waals surface area (Å²) in [5, 5.41) is 17.8. The number of hydrogen-bond acceptors (Lipinski definition) is 3. The summed E-state index contributed by atoms with van der Waals surface area (Å²) in [6, 6.07) is -0.615. The standard InChI is InChI=1S/C10H19NO3/c11-8(9(12)10(13)14)6-7-4-2-1-3-5-7/h7-9,12H,1-6,11H2,(H,13,14)/t8-,9-/m0/s1. The Morgan fingerprint density at radius 1 is 1.36 bits per heavy atom. The summed E-state index contributed by atoms with van der Waals surface area (Å²) >= 11 is 0. The fraction of sp³-hybridized carbons (Fsp3) is 0.900. The van der Waals surface area contributed by atoms with E-state index in [0.29, 0.717) is 12.3 Å². The fourth-order valence-electron chi connectivity index (χ4n) is 2.12. The van der Waals surface area contributed by atoms with Crippen LogP contribution in [0.2, 0.25) is 0 Å². The highest BCUT2D eigenvalue weighted by atomic mass is 16.4. The first-order chi connectivity index (χ1) is 6.61. The van der Waals surface area contributed by atoms with E-state index < -0.39 is 18.1 Å². The van der Waals surface area contributed by atoms with Gasteiger partial charge in [-0.05, 0) is 12.3 Å². The first-order valence-electron chi connectivity index (χ1n) is 5.27. The Kier molecular flexibility index (Phi) is 4.35. The van der Waals surface area contributed by atoms with Gasteiger partial charge in [0.05, 0.1) is 0 Å². The van der Waals surface area contributed by atoms with Crippen molar-refractivity contribution < 1.29 is 15.0 Å². The maximum atomic E-state index is 10.5. The quantitative estimate of drug-likeness (QED) is 0.626. The lowest BCUT2D eigenvalue weighted by atomic mass is 9.84. The largest absolute Gasteiger partial charge is 0.479 e. The number of rotatable bonds is 4. The summed E-state index contributed by atoms with van der Waals surface area (Å²) < 4.78 is 0. The average Bonchev–Trinajstić information content (AvgIpc) is 2.18. The van der Waals surface area contributed by atoms with E-state index in [1.807, 2.05) is 0 Å². The first-order valence-corrected chi connectivity index (χ1v) is 5.27. The van der Waals surface area contributed by atoms with Crippen molar-refractivity contribution in [2.75, 3.05) is 0 Å². The number of aliphatic hydroxyl groups is 1. The zero-order valence-corrected chi connectivity index (χ0v) is 8.35. The van der Waals surface area contributed by atoms with E-state index in [4.69, 9.17) is 10.8 Å². The molecule has 0 saturated heterocycles. The zero-order chi connectivity index (χ0) is 10.6. The molecule has 0 aromatic rings. The second kappa shape index (κ2) is 5.32. The van der Waals surface area contributed by atoms with Crippen molar-refractivity contribution in [2.45, 2.75) is 50.7 Å². The van der Waals surface area contributed by atoms with Crippen molar-refractivity contribution >= 4 is 5.97 Å². The molecule has 1 fully saturated rings. The molecule has 4 nitrogen and oxygen atoms in total. The second-order valence-corrected chi connectivity index (χ2v) is 4.19. The van der Waals surface area contributed by atoms with Gasteiger partial charge in [0.25, 0.3) is 0 Å². The molecule has 1 aliphatic rings. The molecule has 0 radical (unpaired) electrons. The molecule has 0 amide bonds. The third kappa shape index (κ3) is 3.27. The van der Waals surface area contributed by atoms with Gasteiger partial charge in [-0.1, -0.05) is 32.1 Å². The molecule has 4 N–H and O–H groups in total. The Morgan fingerprint density at radius 2 is 1.93 bits per heavy atom. The monoisotopic (exact) mass is 201 g/mol. The van der Waals surface area contributed by atoms with Crippen molar-refractivity contribution in [1.29, 1.82) is 0 Å². The molecule has 4 heteroatoms. The molecule has 0 aromatic heterocycles. The molecule has 1 aliphatic carbocycles. The third-order valence-electron chi connectivity index (χ3n) is 2.99. The first kappa shape index (κ1) is 11.5. The Hall–Kier alpha value is -0.610. The van der Waals surface area contributed by atoms with Crippen molar-refractivity contribution in [3.05, 3.63) is 0 Å². The van der Waals surface area contributed by atoms with Gasteiger partial charge in [-0.25, -0.2) is 4.79 Å². The van der Waals surface area contributed by atoms with Gasteiger partial charge >= 0.3 is 5.97 Å². The average molecular weight is 201 g/mol. The van der Waals surface area contributed by atoms with Crippen LogP contribution in [0, 0.1) is 5.92 Å². The molecule has 0 aromatic carbocycles. The topological polar surface area (TPSA) is 83.5 Å². The SMILES string of the molecule is N[C@@H](CC1CCCCC1)[C@H](O)C(=O)O. The normalized spacial score (nSPS) is 23.0.